The van der Waals surface area contributed by atoms with Crippen LogP contribution in [-0.4, -0.2) is 59.3 Å². The minimum absolute atomic E-state index is 0.265. The minimum Gasteiger partial charge on any atom is -0.494 e. The molecule has 2 heterocycles. The fraction of sp³-hybridized carbons (Fsp3) is 0.684. The van der Waals surface area contributed by atoms with Crippen molar-refractivity contribution < 1.29 is 9.84 Å². The van der Waals surface area contributed by atoms with Gasteiger partial charge >= 0.3 is 0 Å². The van der Waals surface area contributed by atoms with Crippen molar-refractivity contribution in [3.05, 3.63) is 29.8 Å². The van der Waals surface area contributed by atoms with Crippen LogP contribution in [0.3, 0.4) is 0 Å². The van der Waals surface area contributed by atoms with E-state index >= 15 is 0 Å². The van der Waals surface area contributed by atoms with Crippen molar-refractivity contribution in [2.75, 3.05) is 32.8 Å². The lowest BCUT2D eigenvalue weighted by Crippen LogP contribution is -2.60. The molecule has 1 aromatic rings. The predicted molar refractivity (Wildman–Crippen MR) is 92.7 cm³/mol. The molecule has 0 amide bonds. The first kappa shape index (κ1) is 16.7. The lowest BCUT2D eigenvalue weighted by Gasteiger charge is -2.46. The van der Waals surface area contributed by atoms with Crippen LogP contribution in [0, 0.1) is 0 Å². The third-order valence-electron chi connectivity index (χ3n) is 5.31. The van der Waals surface area contributed by atoms with Crippen LogP contribution in [0.1, 0.15) is 38.7 Å². The second kappa shape index (κ2) is 7.20. The molecule has 23 heavy (non-hydrogen) atoms. The van der Waals surface area contributed by atoms with E-state index in [2.05, 4.69) is 34.1 Å². The van der Waals surface area contributed by atoms with Crippen molar-refractivity contribution in [3.63, 3.8) is 0 Å². The molecule has 0 aromatic heterocycles. The first-order chi connectivity index (χ1) is 11.1. The maximum atomic E-state index is 10.8. The van der Waals surface area contributed by atoms with Crippen LogP contribution in [0.15, 0.2) is 24.3 Å². The molecule has 4 nitrogen and oxygen atoms in total. The van der Waals surface area contributed by atoms with Gasteiger partial charge in [0.2, 0.25) is 0 Å². The van der Waals surface area contributed by atoms with Crippen molar-refractivity contribution in [2.24, 2.45) is 0 Å². The maximum absolute atomic E-state index is 10.8. The monoisotopic (exact) mass is 318 g/mol. The molecule has 4 heteroatoms. The molecule has 2 unspecified atom stereocenters. The number of aliphatic hydroxyl groups is 1. The van der Waals surface area contributed by atoms with Crippen LogP contribution in [0.25, 0.3) is 0 Å². The molecule has 2 atom stereocenters. The van der Waals surface area contributed by atoms with Crippen LogP contribution in [0.5, 0.6) is 5.75 Å². The molecule has 0 bridgehead atoms. The number of benzene rings is 1. The summed E-state index contributed by atoms with van der Waals surface area (Å²) in [5, 5.41) is 10.8. The molecule has 0 saturated carbocycles. The Morgan fingerprint density at radius 2 is 1.87 bits per heavy atom. The fourth-order valence-electron chi connectivity index (χ4n) is 3.91. The SMILES string of the molecule is CCOc1ccc(CN2CCC(C)(O)C(N3CCCC3)C2)cc1. The van der Waals surface area contributed by atoms with Crippen molar-refractivity contribution in [1.82, 2.24) is 9.80 Å². The predicted octanol–water partition coefficient (Wildman–Crippen LogP) is 2.51. The Morgan fingerprint density at radius 3 is 2.52 bits per heavy atom. The molecule has 2 fully saturated rings. The summed E-state index contributed by atoms with van der Waals surface area (Å²) in [5.74, 6) is 0.938. The molecule has 2 aliphatic rings. The Balaban J connectivity index is 1.62. The number of ether oxygens (including phenoxy) is 1. The van der Waals surface area contributed by atoms with Gasteiger partial charge in [-0.2, -0.15) is 0 Å². The maximum Gasteiger partial charge on any atom is 0.119 e. The quantitative estimate of drug-likeness (QED) is 0.905. The van der Waals surface area contributed by atoms with Gasteiger partial charge in [-0.25, -0.2) is 0 Å². The fourth-order valence-corrected chi connectivity index (χ4v) is 3.91. The Kier molecular flexibility index (Phi) is 5.24. The average molecular weight is 318 g/mol. The number of nitrogens with zero attached hydrogens (tertiary/aromatic N) is 2. The lowest BCUT2D eigenvalue weighted by atomic mass is 9.87. The van der Waals surface area contributed by atoms with Crippen molar-refractivity contribution in [2.45, 2.75) is 51.3 Å². The molecule has 1 N–H and O–H groups in total. The van der Waals surface area contributed by atoms with Gasteiger partial charge in [-0.1, -0.05) is 12.1 Å². The highest BCUT2D eigenvalue weighted by Gasteiger charge is 2.41. The van der Waals surface area contributed by atoms with Crippen molar-refractivity contribution >= 4 is 0 Å². The van der Waals surface area contributed by atoms with E-state index in [-0.39, 0.29) is 6.04 Å². The van der Waals surface area contributed by atoms with Gasteiger partial charge < -0.3 is 9.84 Å². The van der Waals surface area contributed by atoms with Gasteiger partial charge in [0.15, 0.2) is 0 Å². The summed E-state index contributed by atoms with van der Waals surface area (Å²) in [4.78, 5) is 4.97. The molecular weight excluding hydrogens is 288 g/mol. The van der Waals surface area contributed by atoms with E-state index in [4.69, 9.17) is 4.74 Å². The average Bonchev–Trinajstić information content (AvgIpc) is 3.05. The van der Waals surface area contributed by atoms with E-state index in [0.717, 1.165) is 44.9 Å². The van der Waals surface area contributed by atoms with E-state index in [1.54, 1.807) is 0 Å². The van der Waals surface area contributed by atoms with E-state index in [9.17, 15) is 5.11 Å². The highest BCUT2D eigenvalue weighted by Crippen LogP contribution is 2.29. The molecular formula is C19H30N2O2. The summed E-state index contributed by atoms with van der Waals surface area (Å²) in [7, 11) is 0. The van der Waals surface area contributed by atoms with Crippen LogP contribution < -0.4 is 4.74 Å². The summed E-state index contributed by atoms with van der Waals surface area (Å²) in [6.45, 7) is 9.88. The third-order valence-corrected chi connectivity index (χ3v) is 5.31. The topological polar surface area (TPSA) is 35.9 Å². The smallest absolute Gasteiger partial charge is 0.119 e. The van der Waals surface area contributed by atoms with Gasteiger partial charge in [-0.05, 0) is 63.9 Å². The molecule has 128 valence electrons. The number of likely N-dealkylation sites (tertiary alicyclic amines) is 2. The van der Waals surface area contributed by atoms with Crippen LogP contribution in [0.4, 0.5) is 0 Å². The van der Waals surface area contributed by atoms with E-state index < -0.39 is 5.60 Å². The second-order valence-corrected chi connectivity index (χ2v) is 7.18. The summed E-state index contributed by atoms with van der Waals surface area (Å²) in [5.41, 5.74) is 0.759. The Labute approximate surface area is 140 Å². The van der Waals surface area contributed by atoms with Crippen LogP contribution in [0.2, 0.25) is 0 Å². The summed E-state index contributed by atoms with van der Waals surface area (Å²) >= 11 is 0. The van der Waals surface area contributed by atoms with Gasteiger partial charge in [-0.3, -0.25) is 9.80 Å². The Morgan fingerprint density at radius 1 is 1.17 bits per heavy atom. The molecule has 3 rings (SSSR count). The zero-order chi connectivity index (χ0) is 16.3. The lowest BCUT2D eigenvalue weighted by molar-refractivity contribution is -0.0776. The number of piperidine rings is 1. The van der Waals surface area contributed by atoms with E-state index in [0.29, 0.717) is 6.61 Å². The second-order valence-electron chi connectivity index (χ2n) is 7.18. The van der Waals surface area contributed by atoms with Crippen LogP contribution >= 0.6 is 0 Å². The first-order valence-electron chi connectivity index (χ1n) is 8.99. The zero-order valence-corrected chi connectivity index (χ0v) is 14.5. The van der Waals surface area contributed by atoms with Gasteiger partial charge in [0.1, 0.15) is 5.75 Å². The highest BCUT2D eigenvalue weighted by atomic mass is 16.5. The van der Waals surface area contributed by atoms with Gasteiger partial charge in [0, 0.05) is 19.6 Å². The van der Waals surface area contributed by atoms with Crippen molar-refractivity contribution in [1.29, 1.82) is 0 Å². The molecule has 2 saturated heterocycles. The first-order valence-corrected chi connectivity index (χ1v) is 8.99. The Hall–Kier alpha value is -1.10. The minimum atomic E-state index is -0.556. The molecule has 2 aliphatic heterocycles. The molecule has 1 aromatic carbocycles. The summed E-state index contributed by atoms with van der Waals surface area (Å²) in [6.07, 6.45) is 3.39. The van der Waals surface area contributed by atoms with Gasteiger partial charge in [0.05, 0.1) is 18.2 Å². The third kappa shape index (κ3) is 4.06. The van der Waals surface area contributed by atoms with Crippen LogP contribution in [-0.2, 0) is 6.54 Å². The largest absolute Gasteiger partial charge is 0.494 e. The van der Waals surface area contributed by atoms with E-state index in [1.807, 2.05) is 13.8 Å². The summed E-state index contributed by atoms with van der Waals surface area (Å²) < 4.78 is 5.51. The molecule has 0 radical (unpaired) electrons. The highest BCUT2D eigenvalue weighted by molar-refractivity contribution is 5.27. The van der Waals surface area contributed by atoms with Gasteiger partial charge in [-0.15, -0.1) is 0 Å². The normalized spacial score (nSPS) is 29.8. The van der Waals surface area contributed by atoms with E-state index in [1.165, 1.54) is 18.4 Å². The standard InChI is InChI=1S/C19H30N2O2/c1-3-23-17-8-6-16(7-9-17)14-20-13-10-19(2,22)18(15-20)21-11-4-5-12-21/h6-9,18,22H,3-5,10-15H2,1-2H3. The molecule has 0 spiro atoms. The van der Waals surface area contributed by atoms with Gasteiger partial charge in [0.25, 0.3) is 0 Å². The Bertz CT molecular complexity index is 495. The number of hydrogen-bond donors (Lipinski definition) is 1. The van der Waals surface area contributed by atoms with Crippen molar-refractivity contribution in [3.8, 4) is 5.75 Å². The number of hydrogen-bond acceptors (Lipinski definition) is 4. The number of rotatable bonds is 5. The molecule has 0 aliphatic carbocycles. The summed E-state index contributed by atoms with van der Waals surface area (Å²) in [6, 6.07) is 8.68. The zero-order valence-electron chi connectivity index (χ0n) is 14.5.